The molecule has 3 amide bonds. The Bertz CT molecular complexity index is 701. The Kier molecular flexibility index (Phi) is 5.82. The highest BCUT2D eigenvalue weighted by Gasteiger charge is 2.28. The zero-order valence-corrected chi connectivity index (χ0v) is 14.7. The summed E-state index contributed by atoms with van der Waals surface area (Å²) in [7, 11) is -3.09. The van der Waals surface area contributed by atoms with Gasteiger partial charge in [-0.1, -0.05) is 6.92 Å². The molecule has 1 saturated heterocycles. The van der Waals surface area contributed by atoms with Gasteiger partial charge in [0.2, 0.25) is 5.91 Å². The molecule has 0 saturated carbocycles. The number of hydrogen-bond acceptors (Lipinski definition) is 4. The number of amides is 3. The molecule has 2 N–H and O–H groups in total. The molecule has 1 aliphatic heterocycles. The van der Waals surface area contributed by atoms with Crippen molar-refractivity contribution in [1.29, 1.82) is 0 Å². The van der Waals surface area contributed by atoms with Gasteiger partial charge in [-0.25, -0.2) is 13.2 Å². The lowest BCUT2D eigenvalue weighted by molar-refractivity contribution is -0.117. The van der Waals surface area contributed by atoms with Crippen molar-refractivity contribution in [3.63, 3.8) is 0 Å². The zero-order chi connectivity index (χ0) is 17.7. The summed E-state index contributed by atoms with van der Waals surface area (Å²) in [5.41, 5.74) is 1.39. The van der Waals surface area contributed by atoms with Gasteiger partial charge in [-0.05, 0) is 37.6 Å². The Labute approximate surface area is 142 Å². The molecule has 0 unspecified atom stereocenters. The number of urea groups is 1. The number of sulfone groups is 1. The van der Waals surface area contributed by atoms with E-state index in [0.29, 0.717) is 12.1 Å². The molecule has 132 valence electrons. The van der Waals surface area contributed by atoms with Gasteiger partial charge in [0.05, 0.1) is 5.75 Å². The Balaban J connectivity index is 1.87. The summed E-state index contributed by atoms with van der Waals surface area (Å²) in [5.74, 6) is 0.0917. The van der Waals surface area contributed by atoms with Crippen LogP contribution >= 0.6 is 0 Å². The Morgan fingerprint density at radius 1 is 1.29 bits per heavy atom. The van der Waals surface area contributed by atoms with Gasteiger partial charge in [-0.3, -0.25) is 4.79 Å². The molecule has 7 nitrogen and oxygen atoms in total. The fraction of sp³-hybridized carbons (Fsp3) is 0.500. The van der Waals surface area contributed by atoms with E-state index in [4.69, 9.17) is 0 Å². The zero-order valence-electron chi connectivity index (χ0n) is 13.9. The molecule has 0 aliphatic carbocycles. The fourth-order valence-electron chi connectivity index (χ4n) is 2.57. The van der Waals surface area contributed by atoms with E-state index < -0.39 is 15.9 Å². The number of rotatable bonds is 6. The van der Waals surface area contributed by atoms with Crippen molar-refractivity contribution in [2.75, 3.05) is 28.3 Å². The molecule has 1 aliphatic rings. The molecule has 1 aromatic carbocycles. The highest BCUT2D eigenvalue weighted by atomic mass is 32.2. The smallest absolute Gasteiger partial charge is 0.319 e. The second kappa shape index (κ2) is 7.65. The number of nitrogens with one attached hydrogen (secondary N) is 2. The molecule has 0 aromatic heterocycles. The van der Waals surface area contributed by atoms with Gasteiger partial charge < -0.3 is 15.5 Å². The Morgan fingerprint density at radius 2 is 1.96 bits per heavy atom. The lowest BCUT2D eigenvalue weighted by atomic mass is 10.2. The van der Waals surface area contributed by atoms with Gasteiger partial charge in [-0.15, -0.1) is 0 Å². The topological polar surface area (TPSA) is 95.6 Å². The van der Waals surface area contributed by atoms with Gasteiger partial charge in [-0.2, -0.15) is 0 Å². The highest BCUT2D eigenvalue weighted by molar-refractivity contribution is 7.91. The first-order valence-electron chi connectivity index (χ1n) is 8.00. The number of benzene rings is 1. The minimum atomic E-state index is -3.09. The van der Waals surface area contributed by atoms with E-state index in [1.165, 1.54) is 0 Å². The standard InChI is InChI=1S/C16H23N3O4S/c1-3-24(22,23)11-10-17-16(21)18-13-5-7-14(8-6-13)19-12(2)4-9-15(19)20/h5-8,12H,3-4,9-11H2,1-2H3,(H2,17,18,21)/t12-/m1/s1. The number of carbonyl (C=O) groups is 2. The van der Waals surface area contributed by atoms with Crippen molar-refractivity contribution in [3.05, 3.63) is 24.3 Å². The quantitative estimate of drug-likeness (QED) is 0.814. The number of nitrogens with zero attached hydrogens (tertiary/aromatic N) is 1. The molecule has 1 fully saturated rings. The number of hydrogen-bond donors (Lipinski definition) is 2. The molecule has 1 atom stereocenters. The lowest BCUT2D eigenvalue weighted by Crippen LogP contribution is -2.33. The molecule has 0 bridgehead atoms. The van der Waals surface area contributed by atoms with Gasteiger partial charge in [0.25, 0.3) is 0 Å². The molecule has 2 rings (SSSR count). The summed E-state index contributed by atoms with van der Waals surface area (Å²) in [6, 6.07) is 6.74. The largest absolute Gasteiger partial charge is 0.337 e. The first-order chi connectivity index (χ1) is 11.3. The van der Waals surface area contributed by atoms with Crippen molar-refractivity contribution in [2.45, 2.75) is 32.7 Å². The maximum atomic E-state index is 11.9. The summed E-state index contributed by atoms with van der Waals surface area (Å²) < 4.78 is 22.7. The van der Waals surface area contributed by atoms with Crippen LogP contribution < -0.4 is 15.5 Å². The van der Waals surface area contributed by atoms with Crippen molar-refractivity contribution < 1.29 is 18.0 Å². The third-order valence-corrected chi connectivity index (χ3v) is 5.73. The molecule has 1 aromatic rings. The first kappa shape index (κ1) is 18.3. The van der Waals surface area contributed by atoms with Gasteiger partial charge in [0.1, 0.15) is 0 Å². The minimum absolute atomic E-state index is 0.0609. The monoisotopic (exact) mass is 353 g/mol. The summed E-state index contributed by atoms with van der Waals surface area (Å²) in [6.45, 7) is 3.65. The minimum Gasteiger partial charge on any atom is -0.337 e. The highest BCUT2D eigenvalue weighted by Crippen LogP contribution is 2.27. The third kappa shape index (κ3) is 4.70. The molecular weight excluding hydrogens is 330 g/mol. The van der Waals surface area contributed by atoms with Crippen LogP contribution in [0.3, 0.4) is 0 Å². The fourth-order valence-corrected chi connectivity index (χ4v) is 3.27. The predicted octanol–water partition coefficient (Wildman–Crippen LogP) is 1.76. The molecule has 0 spiro atoms. The van der Waals surface area contributed by atoms with Crippen LogP contribution in [0.4, 0.5) is 16.2 Å². The Hall–Kier alpha value is -2.09. The van der Waals surface area contributed by atoms with E-state index >= 15 is 0 Å². The van der Waals surface area contributed by atoms with Crippen molar-refractivity contribution in [3.8, 4) is 0 Å². The molecule has 8 heteroatoms. The second-order valence-electron chi connectivity index (χ2n) is 5.82. The SMILES string of the molecule is CCS(=O)(=O)CCNC(=O)Nc1ccc(N2C(=O)CC[C@H]2C)cc1. The van der Waals surface area contributed by atoms with Crippen LogP contribution in [0.1, 0.15) is 26.7 Å². The van der Waals surface area contributed by atoms with E-state index in [-0.39, 0.29) is 30.0 Å². The molecule has 0 radical (unpaired) electrons. The van der Waals surface area contributed by atoms with Gasteiger partial charge in [0, 0.05) is 36.1 Å². The van der Waals surface area contributed by atoms with E-state index in [2.05, 4.69) is 10.6 Å². The normalized spacial score (nSPS) is 17.8. The van der Waals surface area contributed by atoms with Crippen molar-refractivity contribution in [2.24, 2.45) is 0 Å². The molecular formula is C16H23N3O4S. The Morgan fingerprint density at radius 3 is 2.50 bits per heavy atom. The van der Waals surface area contributed by atoms with E-state index in [9.17, 15) is 18.0 Å². The van der Waals surface area contributed by atoms with Gasteiger partial charge >= 0.3 is 6.03 Å². The maximum Gasteiger partial charge on any atom is 0.319 e. The predicted molar refractivity (Wildman–Crippen MR) is 94.0 cm³/mol. The van der Waals surface area contributed by atoms with Crippen LogP contribution in [0.25, 0.3) is 0 Å². The number of anilines is 2. The summed E-state index contributed by atoms with van der Waals surface area (Å²) in [6.07, 6.45) is 1.41. The average Bonchev–Trinajstić information content (AvgIpc) is 2.87. The van der Waals surface area contributed by atoms with Crippen molar-refractivity contribution in [1.82, 2.24) is 5.32 Å². The molecule has 1 heterocycles. The van der Waals surface area contributed by atoms with Crippen molar-refractivity contribution >= 4 is 33.2 Å². The van der Waals surface area contributed by atoms with Crippen LogP contribution in [0, 0.1) is 0 Å². The maximum absolute atomic E-state index is 11.9. The first-order valence-corrected chi connectivity index (χ1v) is 9.82. The summed E-state index contributed by atoms with van der Waals surface area (Å²) >= 11 is 0. The van der Waals surface area contributed by atoms with E-state index in [1.54, 1.807) is 36.1 Å². The third-order valence-electron chi connectivity index (χ3n) is 4.03. The van der Waals surface area contributed by atoms with E-state index in [0.717, 1.165) is 12.1 Å². The summed E-state index contributed by atoms with van der Waals surface area (Å²) in [4.78, 5) is 25.4. The average molecular weight is 353 g/mol. The lowest BCUT2D eigenvalue weighted by Gasteiger charge is -2.22. The van der Waals surface area contributed by atoms with Gasteiger partial charge in [0.15, 0.2) is 9.84 Å². The second-order valence-corrected chi connectivity index (χ2v) is 8.29. The summed E-state index contributed by atoms with van der Waals surface area (Å²) in [5, 5.41) is 5.15. The number of carbonyl (C=O) groups excluding carboxylic acids is 2. The van der Waals surface area contributed by atoms with Crippen LogP contribution in [0.5, 0.6) is 0 Å². The van der Waals surface area contributed by atoms with Crippen LogP contribution in [0.15, 0.2) is 24.3 Å². The van der Waals surface area contributed by atoms with E-state index in [1.807, 2.05) is 6.92 Å². The molecule has 24 heavy (non-hydrogen) atoms. The van der Waals surface area contributed by atoms with Crippen LogP contribution in [-0.2, 0) is 14.6 Å². The van der Waals surface area contributed by atoms with Crippen LogP contribution in [0.2, 0.25) is 0 Å². The van der Waals surface area contributed by atoms with Crippen LogP contribution in [-0.4, -0.2) is 44.4 Å².